The fraction of sp³-hybridized carbons (Fsp3) is 0.500. The van der Waals surface area contributed by atoms with Crippen molar-refractivity contribution in [1.29, 1.82) is 0 Å². The lowest BCUT2D eigenvalue weighted by Crippen LogP contribution is -2.41. The van der Waals surface area contributed by atoms with Crippen molar-refractivity contribution in [3.05, 3.63) is 29.8 Å². The molecule has 1 amide bonds. The maximum absolute atomic E-state index is 12.2. The van der Waals surface area contributed by atoms with Crippen molar-refractivity contribution in [3.8, 4) is 0 Å². The maximum atomic E-state index is 12.2. The molecule has 1 atom stereocenters. The minimum Gasteiger partial charge on any atom is -0.311 e. The van der Waals surface area contributed by atoms with Gasteiger partial charge in [-0.2, -0.15) is 0 Å². The molecule has 1 aromatic carbocycles. The number of carbonyl (C=O) groups excluding carboxylic acids is 1. The molecule has 0 aromatic heterocycles. The second kappa shape index (κ2) is 4.88. The number of nitrogens with one attached hydrogen (secondary N) is 1. The number of amides is 1. The zero-order valence-electron chi connectivity index (χ0n) is 10.7. The van der Waals surface area contributed by atoms with E-state index in [9.17, 15) is 4.79 Å². The lowest BCUT2D eigenvalue weighted by Gasteiger charge is -2.18. The van der Waals surface area contributed by atoms with Crippen LogP contribution in [0, 0.1) is 6.92 Å². The summed E-state index contributed by atoms with van der Waals surface area (Å²) in [4.78, 5) is 14.1. The van der Waals surface area contributed by atoms with Gasteiger partial charge in [-0.05, 0) is 25.5 Å². The van der Waals surface area contributed by atoms with Gasteiger partial charge in [-0.25, -0.2) is 0 Å². The van der Waals surface area contributed by atoms with Crippen LogP contribution in [0.4, 0.5) is 5.69 Å². The maximum Gasteiger partial charge on any atom is 0.244 e. The van der Waals surface area contributed by atoms with E-state index in [4.69, 9.17) is 0 Å². The molecule has 1 heterocycles. The van der Waals surface area contributed by atoms with E-state index < -0.39 is 0 Å². The van der Waals surface area contributed by atoms with E-state index in [1.807, 2.05) is 29.2 Å². The number of hydrogen-bond donors (Lipinski definition) is 1. The van der Waals surface area contributed by atoms with Crippen LogP contribution in [-0.2, 0) is 4.79 Å². The fourth-order valence-corrected chi connectivity index (χ4v) is 2.22. The number of anilines is 1. The molecule has 0 radical (unpaired) electrons. The zero-order valence-corrected chi connectivity index (χ0v) is 10.7. The Morgan fingerprint density at radius 1 is 1.29 bits per heavy atom. The third-order valence-electron chi connectivity index (χ3n) is 3.09. The molecule has 1 unspecified atom stereocenters. The number of nitrogens with zero attached hydrogens (tertiary/aromatic N) is 1. The molecule has 0 aliphatic carbocycles. The van der Waals surface area contributed by atoms with Gasteiger partial charge in [0.05, 0.1) is 6.04 Å². The Morgan fingerprint density at radius 3 is 2.53 bits per heavy atom. The van der Waals surface area contributed by atoms with Crippen LogP contribution in [0.5, 0.6) is 0 Å². The number of rotatable bonds is 3. The molecule has 1 fully saturated rings. The third kappa shape index (κ3) is 2.67. The Hall–Kier alpha value is -1.35. The van der Waals surface area contributed by atoms with Gasteiger partial charge in [-0.15, -0.1) is 0 Å². The van der Waals surface area contributed by atoms with Gasteiger partial charge in [-0.3, -0.25) is 4.79 Å². The molecule has 2 rings (SSSR count). The summed E-state index contributed by atoms with van der Waals surface area (Å²) in [5, 5.41) is 3.31. The molecular weight excluding hydrogens is 212 g/mol. The molecular formula is C14H20N2O. The van der Waals surface area contributed by atoms with Crippen LogP contribution in [0.1, 0.15) is 25.8 Å². The van der Waals surface area contributed by atoms with Crippen LogP contribution in [-0.4, -0.2) is 24.5 Å². The lowest BCUT2D eigenvalue weighted by atomic mass is 10.2. The van der Waals surface area contributed by atoms with E-state index in [0.717, 1.165) is 18.7 Å². The van der Waals surface area contributed by atoms with E-state index in [1.165, 1.54) is 5.56 Å². The van der Waals surface area contributed by atoms with Gasteiger partial charge in [-0.1, -0.05) is 31.5 Å². The van der Waals surface area contributed by atoms with Crippen LogP contribution in [0.2, 0.25) is 0 Å². The SMILES string of the molecule is Cc1ccc(N2CCC(NC(C)C)C2=O)cc1. The van der Waals surface area contributed by atoms with E-state index in [-0.39, 0.29) is 11.9 Å². The third-order valence-corrected chi connectivity index (χ3v) is 3.09. The summed E-state index contributed by atoms with van der Waals surface area (Å²) in [6, 6.07) is 8.46. The second-order valence-electron chi connectivity index (χ2n) is 4.99. The van der Waals surface area contributed by atoms with Gasteiger partial charge < -0.3 is 10.2 Å². The van der Waals surface area contributed by atoms with Gasteiger partial charge in [0.15, 0.2) is 0 Å². The molecule has 3 nitrogen and oxygen atoms in total. The summed E-state index contributed by atoms with van der Waals surface area (Å²) in [6.45, 7) is 7.01. The van der Waals surface area contributed by atoms with Crippen molar-refractivity contribution in [2.24, 2.45) is 0 Å². The largest absolute Gasteiger partial charge is 0.311 e. The smallest absolute Gasteiger partial charge is 0.244 e. The highest BCUT2D eigenvalue weighted by molar-refractivity contribution is 5.99. The number of benzene rings is 1. The molecule has 92 valence electrons. The molecule has 0 saturated carbocycles. The normalized spacial score (nSPS) is 20.4. The summed E-state index contributed by atoms with van der Waals surface area (Å²) in [7, 11) is 0. The Bertz CT molecular complexity index is 397. The van der Waals surface area contributed by atoms with Crippen molar-refractivity contribution in [3.63, 3.8) is 0 Å². The van der Waals surface area contributed by atoms with E-state index >= 15 is 0 Å². The molecule has 1 aliphatic heterocycles. The zero-order chi connectivity index (χ0) is 12.4. The number of hydrogen-bond acceptors (Lipinski definition) is 2. The molecule has 17 heavy (non-hydrogen) atoms. The molecule has 0 spiro atoms. The minimum absolute atomic E-state index is 0.0173. The van der Waals surface area contributed by atoms with E-state index in [1.54, 1.807) is 0 Å². The van der Waals surface area contributed by atoms with Crippen LogP contribution < -0.4 is 10.2 Å². The molecule has 1 N–H and O–H groups in total. The minimum atomic E-state index is -0.0173. The quantitative estimate of drug-likeness (QED) is 0.865. The summed E-state index contributed by atoms with van der Waals surface area (Å²) in [6.07, 6.45) is 0.894. The van der Waals surface area contributed by atoms with Gasteiger partial charge in [0.25, 0.3) is 0 Å². The van der Waals surface area contributed by atoms with Crippen molar-refractivity contribution in [2.75, 3.05) is 11.4 Å². The highest BCUT2D eigenvalue weighted by atomic mass is 16.2. The highest BCUT2D eigenvalue weighted by Crippen LogP contribution is 2.22. The molecule has 1 saturated heterocycles. The lowest BCUT2D eigenvalue weighted by molar-refractivity contribution is -0.118. The molecule has 0 bridgehead atoms. The predicted octanol–water partition coefficient (Wildman–Crippen LogP) is 2.10. The number of aryl methyl sites for hydroxylation is 1. The highest BCUT2D eigenvalue weighted by Gasteiger charge is 2.32. The van der Waals surface area contributed by atoms with E-state index in [2.05, 4.69) is 26.1 Å². The van der Waals surface area contributed by atoms with Gasteiger partial charge in [0, 0.05) is 18.3 Å². The summed E-state index contributed by atoms with van der Waals surface area (Å²) in [5.74, 6) is 0.197. The van der Waals surface area contributed by atoms with Crippen LogP contribution in [0.15, 0.2) is 24.3 Å². The van der Waals surface area contributed by atoms with Crippen molar-refractivity contribution < 1.29 is 4.79 Å². The first-order valence-electron chi connectivity index (χ1n) is 6.22. The average molecular weight is 232 g/mol. The van der Waals surface area contributed by atoms with Gasteiger partial charge in [0.1, 0.15) is 0 Å². The van der Waals surface area contributed by atoms with Crippen LogP contribution in [0.3, 0.4) is 0 Å². The van der Waals surface area contributed by atoms with E-state index in [0.29, 0.717) is 6.04 Å². The first-order valence-corrected chi connectivity index (χ1v) is 6.22. The Morgan fingerprint density at radius 2 is 1.94 bits per heavy atom. The monoisotopic (exact) mass is 232 g/mol. The topological polar surface area (TPSA) is 32.3 Å². The Labute approximate surface area is 103 Å². The predicted molar refractivity (Wildman–Crippen MR) is 70.2 cm³/mol. The molecule has 1 aliphatic rings. The fourth-order valence-electron chi connectivity index (χ4n) is 2.22. The van der Waals surface area contributed by atoms with Gasteiger partial charge >= 0.3 is 0 Å². The van der Waals surface area contributed by atoms with Gasteiger partial charge in [0.2, 0.25) is 5.91 Å². The first-order chi connectivity index (χ1) is 8.08. The van der Waals surface area contributed by atoms with Crippen molar-refractivity contribution >= 4 is 11.6 Å². The Balaban J connectivity index is 2.09. The average Bonchev–Trinajstić information content (AvgIpc) is 2.61. The van der Waals surface area contributed by atoms with Crippen molar-refractivity contribution in [1.82, 2.24) is 5.32 Å². The van der Waals surface area contributed by atoms with Crippen LogP contribution >= 0.6 is 0 Å². The first kappa shape index (κ1) is 12.1. The second-order valence-corrected chi connectivity index (χ2v) is 4.99. The van der Waals surface area contributed by atoms with Crippen molar-refractivity contribution in [2.45, 2.75) is 39.3 Å². The summed E-state index contributed by atoms with van der Waals surface area (Å²) >= 11 is 0. The summed E-state index contributed by atoms with van der Waals surface area (Å²) in [5.41, 5.74) is 2.23. The summed E-state index contributed by atoms with van der Waals surface area (Å²) < 4.78 is 0. The standard InChI is InChI=1S/C14H20N2O/c1-10(2)15-13-8-9-16(14(13)17)12-6-4-11(3)5-7-12/h4-7,10,13,15H,8-9H2,1-3H3. The number of carbonyl (C=O) groups is 1. The molecule has 1 aromatic rings. The molecule has 3 heteroatoms. The van der Waals surface area contributed by atoms with Crippen LogP contribution in [0.25, 0.3) is 0 Å². The Kier molecular flexibility index (Phi) is 3.48.